The summed E-state index contributed by atoms with van der Waals surface area (Å²) in [6, 6.07) is 6.94. The molecule has 0 amide bonds. The van der Waals surface area contributed by atoms with Gasteiger partial charge >= 0.3 is 5.97 Å². The monoisotopic (exact) mass is 506 g/mol. The fraction of sp³-hybridized carbons (Fsp3) is 0.417. The van der Waals surface area contributed by atoms with Crippen LogP contribution in [0.3, 0.4) is 0 Å². The average molecular weight is 506 g/mol. The number of aliphatic hydroxyl groups excluding tert-OH is 3. The number of hydrogen-bond acceptors (Lipinski definition) is 12. The van der Waals surface area contributed by atoms with Gasteiger partial charge < -0.3 is 49.2 Å². The van der Waals surface area contributed by atoms with Gasteiger partial charge in [0.15, 0.2) is 17.3 Å². The number of aromatic hydroxyl groups is 2. The Hall–Kier alpha value is -3.58. The topological polar surface area (TPSA) is 181 Å². The first kappa shape index (κ1) is 25.5. The molecular formula is C24H26O12. The predicted octanol–water partition coefficient (Wildman–Crippen LogP) is 0.562. The Labute approximate surface area is 205 Å². The van der Waals surface area contributed by atoms with E-state index < -0.39 is 60.9 Å². The fourth-order valence-electron chi connectivity index (χ4n) is 4.05. The summed E-state index contributed by atoms with van der Waals surface area (Å²) in [5, 5.41) is 51.0. The van der Waals surface area contributed by atoms with E-state index in [1.807, 2.05) is 0 Å². The Morgan fingerprint density at radius 3 is 2.50 bits per heavy atom. The van der Waals surface area contributed by atoms with E-state index in [2.05, 4.69) is 0 Å². The maximum absolute atomic E-state index is 12.8. The smallest absolute Gasteiger partial charge is 0.302 e. The second kappa shape index (κ2) is 10.2. The van der Waals surface area contributed by atoms with Gasteiger partial charge in [-0.1, -0.05) is 6.07 Å². The van der Waals surface area contributed by atoms with Gasteiger partial charge in [0.25, 0.3) is 0 Å². The highest BCUT2D eigenvalue weighted by Crippen LogP contribution is 2.43. The quantitative estimate of drug-likeness (QED) is 0.344. The molecule has 6 atom stereocenters. The van der Waals surface area contributed by atoms with Crippen LogP contribution in [0.1, 0.15) is 35.4 Å². The molecule has 4 rings (SSSR count). The Morgan fingerprint density at radius 1 is 1.06 bits per heavy atom. The van der Waals surface area contributed by atoms with Crippen molar-refractivity contribution in [2.45, 2.75) is 50.2 Å². The number of fused-ring (bicyclic) bond motifs is 1. The number of benzene rings is 2. The number of hydrogen-bond donors (Lipinski definition) is 5. The normalized spacial score (nSPS) is 27.5. The van der Waals surface area contributed by atoms with Crippen molar-refractivity contribution in [3.8, 4) is 28.7 Å². The van der Waals surface area contributed by atoms with Gasteiger partial charge in [0.2, 0.25) is 6.29 Å². The summed E-state index contributed by atoms with van der Waals surface area (Å²) in [5.74, 6) is -1.42. The van der Waals surface area contributed by atoms with Crippen LogP contribution in [0.4, 0.5) is 0 Å². The van der Waals surface area contributed by atoms with E-state index in [0.717, 1.165) is 13.0 Å². The standard InChI is InChI=1S/C24H26O12/c1-10(25)33-9-19-21(29)22(30)23(31)24(36-19)34-12-6-14(27)20-15(28)8-16(35-18(20)7-12)11-3-4-13(26)17(5-11)32-2/h3-7,16,19,21-24,26-27,29-31H,8-9H2,1-2H3/t16-,19-,21-,22+,23-,24-/m1/s1. The lowest BCUT2D eigenvalue weighted by Crippen LogP contribution is -2.60. The molecule has 2 aromatic carbocycles. The van der Waals surface area contributed by atoms with Gasteiger partial charge in [0.1, 0.15) is 59.9 Å². The van der Waals surface area contributed by atoms with E-state index in [1.54, 1.807) is 6.07 Å². The number of methoxy groups -OCH3 is 1. The van der Waals surface area contributed by atoms with Crippen molar-refractivity contribution in [1.29, 1.82) is 0 Å². The molecule has 0 aromatic heterocycles. The van der Waals surface area contributed by atoms with E-state index in [4.69, 9.17) is 23.7 Å². The molecule has 2 heterocycles. The zero-order chi connectivity index (χ0) is 26.1. The zero-order valence-corrected chi connectivity index (χ0v) is 19.4. The van der Waals surface area contributed by atoms with Gasteiger partial charge in [-0.25, -0.2) is 0 Å². The first-order valence-corrected chi connectivity index (χ1v) is 11.0. The molecule has 1 saturated heterocycles. The largest absolute Gasteiger partial charge is 0.507 e. The van der Waals surface area contributed by atoms with Crippen molar-refractivity contribution >= 4 is 11.8 Å². The summed E-state index contributed by atoms with van der Waals surface area (Å²) >= 11 is 0. The number of Topliss-reactive ketones (excluding diaryl/α,β-unsaturated/α-hetero) is 1. The third kappa shape index (κ3) is 5.02. The van der Waals surface area contributed by atoms with E-state index in [1.165, 1.54) is 25.3 Å². The van der Waals surface area contributed by atoms with Crippen molar-refractivity contribution in [2.24, 2.45) is 0 Å². The second-order valence-corrected chi connectivity index (χ2v) is 8.42. The number of ketones is 1. The van der Waals surface area contributed by atoms with Gasteiger partial charge in [-0.3, -0.25) is 9.59 Å². The molecule has 36 heavy (non-hydrogen) atoms. The minimum atomic E-state index is -1.69. The van der Waals surface area contributed by atoms with Crippen LogP contribution in [-0.4, -0.2) is 81.7 Å². The van der Waals surface area contributed by atoms with Crippen LogP contribution in [0.5, 0.6) is 28.7 Å². The molecule has 0 spiro atoms. The van der Waals surface area contributed by atoms with Crippen molar-refractivity contribution in [3.63, 3.8) is 0 Å². The lowest BCUT2D eigenvalue weighted by molar-refractivity contribution is -0.278. The van der Waals surface area contributed by atoms with Crippen LogP contribution in [0, 0.1) is 0 Å². The Morgan fingerprint density at radius 2 is 1.81 bits per heavy atom. The molecule has 1 fully saturated rings. The van der Waals surface area contributed by atoms with Crippen molar-refractivity contribution in [3.05, 3.63) is 41.5 Å². The number of ether oxygens (including phenoxy) is 5. The van der Waals surface area contributed by atoms with Crippen molar-refractivity contribution in [2.75, 3.05) is 13.7 Å². The average Bonchev–Trinajstić information content (AvgIpc) is 2.83. The van der Waals surface area contributed by atoms with Crippen LogP contribution in [0.2, 0.25) is 0 Å². The summed E-state index contributed by atoms with van der Waals surface area (Å²) in [4.78, 5) is 23.9. The first-order chi connectivity index (χ1) is 17.1. The molecule has 12 nitrogen and oxygen atoms in total. The van der Waals surface area contributed by atoms with Crippen LogP contribution < -0.4 is 14.2 Å². The number of carbonyl (C=O) groups excluding carboxylic acids is 2. The summed E-state index contributed by atoms with van der Waals surface area (Å²) in [6.45, 7) is 0.762. The highest BCUT2D eigenvalue weighted by molar-refractivity contribution is 6.02. The lowest BCUT2D eigenvalue weighted by Gasteiger charge is -2.40. The van der Waals surface area contributed by atoms with E-state index in [9.17, 15) is 35.1 Å². The van der Waals surface area contributed by atoms with Gasteiger partial charge in [-0.2, -0.15) is 0 Å². The summed E-state index contributed by atoms with van der Waals surface area (Å²) in [5.41, 5.74) is 0.489. The molecule has 0 radical (unpaired) electrons. The van der Waals surface area contributed by atoms with Crippen LogP contribution in [-0.2, 0) is 14.3 Å². The molecular weight excluding hydrogens is 480 g/mol. The van der Waals surface area contributed by atoms with Gasteiger partial charge in [0, 0.05) is 19.1 Å². The molecule has 12 heteroatoms. The van der Waals surface area contributed by atoms with Gasteiger partial charge in [-0.15, -0.1) is 0 Å². The highest BCUT2D eigenvalue weighted by Gasteiger charge is 2.45. The number of esters is 1. The first-order valence-electron chi connectivity index (χ1n) is 11.0. The molecule has 0 bridgehead atoms. The number of carbonyl (C=O) groups is 2. The maximum atomic E-state index is 12.8. The minimum absolute atomic E-state index is 0.000590. The third-order valence-electron chi connectivity index (χ3n) is 5.92. The van der Waals surface area contributed by atoms with E-state index in [0.29, 0.717) is 5.56 Å². The number of rotatable bonds is 6. The molecule has 0 aliphatic carbocycles. The van der Waals surface area contributed by atoms with Crippen molar-refractivity contribution < 1.29 is 58.8 Å². The molecule has 2 aliphatic heterocycles. The molecule has 2 aromatic rings. The summed E-state index contributed by atoms with van der Waals surface area (Å²) < 4.78 is 27.0. The summed E-state index contributed by atoms with van der Waals surface area (Å²) in [7, 11) is 1.39. The Kier molecular flexibility index (Phi) is 7.22. The lowest BCUT2D eigenvalue weighted by atomic mass is 9.95. The number of aliphatic hydroxyl groups is 3. The fourth-order valence-corrected chi connectivity index (χ4v) is 4.05. The second-order valence-electron chi connectivity index (χ2n) is 8.42. The van der Waals surface area contributed by atoms with Crippen LogP contribution in [0.25, 0.3) is 0 Å². The van der Waals surface area contributed by atoms with Crippen LogP contribution >= 0.6 is 0 Å². The summed E-state index contributed by atoms with van der Waals surface area (Å²) in [6.07, 6.45) is -8.47. The number of phenols is 2. The van der Waals surface area contributed by atoms with E-state index in [-0.39, 0.29) is 35.0 Å². The Balaban J connectivity index is 1.57. The predicted molar refractivity (Wildman–Crippen MR) is 119 cm³/mol. The third-order valence-corrected chi connectivity index (χ3v) is 5.92. The van der Waals surface area contributed by atoms with Gasteiger partial charge in [-0.05, 0) is 17.7 Å². The van der Waals surface area contributed by atoms with Gasteiger partial charge in [0.05, 0.1) is 13.5 Å². The molecule has 0 saturated carbocycles. The molecule has 0 unspecified atom stereocenters. The molecule has 2 aliphatic rings. The van der Waals surface area contributed by atoms with E-state index >= 15 is 0 Å². The number of phenolic OH excluding ortho intramolecular Hbond substituents is 2. The SMILES string of the molecule is COc1cc([C@H]2CC(=O)c3c(O)cc(O[C@@H]4O[C@H](COC(C)=O)[C@@H](O)[C@H](O)[C@H]4O)cc3O2)ccc1O. The van der Waals surface area contributed by atoms with Crippen molar-refractivity contribution in [1.82, 2.24) is 0 Å². The highest BCUT2D eigenvalue weighted by atomic mass is 16.7. The molecule has 5 N–H and O–H groups in total. The van der Waals surface area contributed by atoms with Crippen LogP contribution in [0.15, 0.2) is 30.3 Å². The maximum Gasteiger partial charge on any atom is 0.302 e. The molecule has 194 valence electrons. The minimum Gasteiger partial charge on any atom is -0.507 e. The Bertz CT molecular complexity index is 1150. The zero-order valence-electron chi connectivity index (χ0n) is 19.4.